The molecule has 1 atom stereocenters. The van der Waals surface area contributed by atoms with E-state index in [-0.39, 0.29) is 6.54 Å². The second-order valence-electron chi connectivity index (χ2n) is 3.20. The summed E-state index contributed by atoms with van der Waals surface area (Å²) in [5.74, 6) is -0.844. The molecular formula is C8H11N2O4. The molecule has 1 heterocycles. The smallest absolute Gasteiger partial charge is 0.374 e. The SMILES string of the molecule is CN(C)CCN1C(=O)OC(=O)C1[C]=O. The van der Waals surface area contributed by atoms with Crippen LogP contribution in [0.3, 0.4) is 0 Å². The average molecular weight is 199 g/mol. The fraction of sp³-hybridized carbons (Fsp3) is 0.625. The van der Waals surface area contributed by atoms with Gasteiger partial charge in [-0.25, -0.2) is 9.59 Å². The molecule has 0 aromatic rings. The van der Waals surface area contributed by atoms with Crippen LogP contribution < -0.4 is 0 Å². The largest absolute Gasteiger partial charge is 0.418 e. The van der Waals surface area contributed by atoms with Gasteiger partial charge in [0.05, 0.1) is 0 Å². The van der Waals surface area contributed by atoms with Crippen molar-refractivity contribution in [3.05, 3.63) is 0 Å². The van der Waals surface area contributed by atoms with E-state index in [1.54, 1.807) is 0 Å². The summed E-state index contributed by atoms with van der Waals surface area (Å²) in [4.78, 5) is 35.2. The van der Waals surface area contributed by atoms with Gasteiger partial charge in [0.25, 0.3) is 0 Å². The van der Waals surface area contributed by atoms with Gasteiger partial charge >= 0.3 is 12.1 Å². The maximum atomic E-state index is 11.1. The molecule has 1 aliphatic heterocycles. The Balaban J connectivity index is 2.61. The Labute approximate surface area is 81.4 Å². The highest BCUT2D eigenvalue weighted by Crippen LogP contribution is 2.11. The van der Waals surface area contributed by atoms with Crippen LogP contribution in [0.5, 0.6) is 0 Å². The van der Waals surface area contributed by atoms with Crippen molar-refractivity contribution in [1.29, 1.82) is 0 Å². The van der Waals surface area contributed by atoms with Crippen LogP contribution >= 0.6 is 0 Å². The zero-order chi connectivity index (χ0) is 10.7. The summed E-state index contributed by atoms with van der Waals surface area (Å²) in [5.41, 5.74) is 0. The van der Waals surface area contributed by atoms with Crippen LogP contribution in [0.4, 0.5) is 4.79 Å². The minimum Gasteiger partial charge on any atom is -0.374 e. The Morgan fingerprint density at radius 2 is 2.14 bits per heavy atom. The number of esters is 1. The number of amides is 1. The van der Waals surface area contributed by atoms with E-state index in [1.165, 1.54) is 6.29 Å². The zero-order valence-corrected chi connectivity index (χ0v) is 8.02. The van der Waals surface area contributed by atoms with Crippen molar-refractivity contribution < 1.29 is 19.1 Å². The first-order chi connectivity index (χ1) is 6.56. The summed E-state index contributed by atoms with van der Waals surface area (Å²) < 4.78 is 4.28. The lowest BCUT2D eigenvalue weighted by Crippen LogP contribution is -2.40. The summed E-state index contributed by atoms with van der Waals surface area (Å²) in [6, 6.07) is -1.19. The van der Waals surface area contributed by atoms with Gasteiger partial charge in [0, 0.05) is 13.1 Å². The Morgan fingerprint density at radius 3 is 2.64 bits per heavy atom. The number of carbonyl (C=O) groups excluding carboxylic acids is 3. The van der Waals surface area contributed by atoms with E-state index in [9.17, 15) is 14.4 Å². The highest BCUT2D eigenvalue weighted by Gasteiger charge is 2.41. The van der Waals surface area contributed by atoms with Gasteiger partial charge in [0.1, 0.15) is 0 Å². The summed E-state index contributed by atoms with van der Waals surface area (Å²) >= 11 is 0. The lowest BCUT2D eigenvalue weighted by Gasteiger charge is -2.17. The summed E-state index contributed by atoms with van der Waals surface area (Å²) in [5, 5.41) is 0. The van der Waals surface area contributed by atoms with Crippen molar-refractivity contribution in [2.45, 2.75) is 6.04 Å². The second kappa shape index (κ2) is 4.19. The molecule has 1 saturated heterocycles. The van der Waals surface area contributed by atoms with E-state index < -0.39 is 18.1 Å². The zero-order valence-electron chi connectivity index (χ0n) is 8.02. The van der Waals surface area contributed by atoms with Gasteiger partial charge in [0.15, 0.2) is 6.04 Å². The predicted molar refractivity (Wildman–Crippen MR) is 46.2 cm³/mol. The average Bonchev–Trinajstić information content (AvgIpc) is 2.36. The Bertz CT molecular complexity index is 264. The van der Waals surface area contributed by atoms with Crippen LogP contribution in [0, 0.1) is 0 Å². The molecule has 1 radical (unpaired) electrons. The number of nitrogens with zero attached hydrogens (tertiary/aromatic N) is 2. The molecule has 0 aromatic carbocycles. The molecule has 0 aliphatic carbocycles. The lowest BCUT2D eigenvalue weighted by atomic mass is 10.3. The summed E-state index contributed by atoms with van der Waals surface area (Å²) in [6.45, 7) is 0.831. The number of rotatable bonds is 4. The fourth-order valence-electron chi connectivity index (χ4n) is 1.07. The molecule has 1 fully saturated rings. The van der Waals surface area contributed by atoms with Crippen molar-refractivity contribution in [2.75, 3.05) is 27.2 Å². The molecule has 6 nitrogen and oxygen atoms in total. The van der Waals surface area contributed by atoms with Gasteiger partial charge < -0.3 is 9.64 Å². The molecule has 1 aliphatic rings. The molecule has 1 rings (SSSR count). The molecule has 0 aromatic heterocycles. The molecule has 0 spiro atoms. The van der Waals surface area contributed by atoms with Gasteiger partial charge in [-0.1, -0.05) is 0 Å². The standard InChI is InChI=1S/C8H11N2O4/c1-9(2)3-4-10-6(5-11)7(12)14-8(10)13/h6H,3-4H2,1-2H3. The van der Waals surface area contributed by atoms with Gasteiger partial charge in [-0.15, -0.1) is 0 Å². The molecule has 0 N–H and O–H groups in total. The van der Waals surface area contributed by atoms with E-state index in [4.69, 9.17) is 0 Å². The first kappa shape index (κ1) is 10.6. The van der Waals surface area contributed by atoms with Crippen molar-refractivity contribution in [2.24, 2.45) is 0 Å². The molecule has 1 amide bonds. The van der Waals surface area contributed by atoms with Gasteiger partial charge in [0.2, 0.25) is 6.29 Å². The van der Waals surface area contributed by atoms with Crippen LogP contribution in [-0.2, 0) is 14.3 Å². The van der Waals surface area contributed by atoms with Crippen molar-refractivity contribution in [3.63, 3.8) is 0 Å². The molecule has 1 unspecified atom stereocenters. The Morgan fingerprint density at radius 1 is 1.50 bits per heavy atom. The maximum absolute atomic E-state index is 11.1. The highest BCUT2D eigenvalue weighted by atomic mass is 16.6. The predicted octanol–water partition coefficient (Wildman–Crippen LogP) is -0.995. The first-order valence-electron chi connectivity index (χ1n) is 4.11. The van der Waals surface area contributed by atoms with Crippen LogP contribution in [0.1, 0.15) is 0 Å². The molecule has 77 valence electrons. The normalized spacial score (nSPS) is 21.6. The van der Waals surface area contributed by atoms with E-state index in [1.807, 2.05) is 19.0 Å². The topological polar surface area (TPSA) is 66.9 Å². The van der Waals surface area contributed by atoms with Crippen LogP contribution in [0.25, 0.3) is 0 Å². The maximum Gasteiger partial charge on any atom is 0.418 e. The van der Waals surface area contributed by atoms with Gasteiger partial charge in [-0.05, 0) is 14.1 Å². The lowest BCUT2D eigenvalue weighted by molar-refractivity contribution is -0.134. The number of ether oxygens (including phenoxy) is 1. The third kappa shape index (κ3) is 2.08. The first-order valence-corrected chi connectivity index (χ1v) is 4.11. The third-order valence-electron chi connectivity index (χ3n) is 1.86. The van der Waals surface area contributed by atoms with E-state index >= 15 is 0 Å². The van der Waals surface area contributed by atoms with Gasteiger partial charge in [-0.3, -0.25) is 9.69 Å². The van der Waals surface area contributed by atoms with Crippen LogP contribution in [0.2, 0.25) is 0 Å². The van der Waals surface area contributed by atoms with E-state index in [0.717, 1.165) is 4.90 Å². The quantitative estimate of drug-likeness (QED) is 0.429. The summed E-state index contributed by atoms with van der Waals surface area (Å²) in [7, 11) is 3.64. The number of cyclic esters (lactones) is 2. The van der Waals surface area contributed by atoms with E-state index in [2.05, 4.69) is 4.74 Å². The van der Waals surface area contributed by atoms with Gasteiger partial charge in [-0.2, -0.15) is 0 Å². The highest BCUT2D eigenvalue weighted by molar-refractivity contribution is 6.04. The Hall–Kier alpha value is -1.43. The third-order valence-corrected chi connectivity index (χ3v) is 1.86. The van der Waals surface area contributed by atoms with Crippen LogP contribution in [-0.4, -0.2) is 61.4 Å². The molecule has 0 bridgehead atoms. The fourth-order valence-corrected chi connectivity index (χ4v) is 1.07. The molecular weight excluding hydrogens is 188 g/mol. The Kier molecular flexibility index (Phi) is 3.19. The monoisotopic (exact) mass is 199 g/mol. The minimum absolute atomic E-state index is 0.275. The molecule has 0 saturated carbocycles. The van der Waals surface area contributed by atoms with Crippen molar-refractivity contribution >= 4 is 18.3 Å². The number of hydrogen-bond acceptors (Lipinski definition) is 5. The molecule has 6 heteroatoms. The minimum atomic E-state index is -1.19. The second-order valence-corrected chi connectivity index (χ2v) is 3.20. The van der Waals surface area contributed by atoms with Crippen molar-refractivity contribution in [3.8, 4) is 0 Å². The number of hydrogen-bond donors (Lipinski definition) is 0. The van der Waals surface area contributed by atoms with Crippen LogP contribution in [0.15, 0.2) is 0 Å². The van der Waals surface area contributed by atoms with E-state index in [0.29, 0.717) is 6.54 Å². The number of carbonyl (C=O) groups is 2. The number of likely N-dealkylation sites (N-methyl/N-ethyl adjacent to an activating group) is 1. The summed E-state index contributed by atoms with van der Waals surface area (Å²) in [6.07, 6.45) is 0.707. The molecule has 14 heavy (non-hydrogen) atoms. The van der Waals surface area contributed by atoms with Crippen molar-refractivity contribution in [1.82, 2.24) is 9.80 Å².